The van der Waals surface area contributed by atoms with Gasteiger partial charge >= 0.3 is 0 Å². The largest absolute Gasteiger partial charge is 0.385 e. The van der Waals surface area contributed by atoms with E-state index in [1.807, 2.05) is 18.4 Å². The first-order valence-corrected chi connectivity index (χ1v) is 7.46. The second-order valence-corrected chi connectivity index (χ2v) is 6.49. The van der Waals surface area contributed by atoms with Crippen molar-refractivity contribution in [1.82, 2.24) is 5.32 Å². The molecular formula is C12H18BrNOS. The molecule has 4 heteroatoms. The quantitative estimate of drug-likeness (QED) is 0.898. The van der Waals surface area contributed by atoms with Crippen molar-refractivity contribution < 1.29 is 5.11 Å². The topological polar surface area (TPSA) is 32.3 Å². The van der Waals surface area contributed by atoms with Gasteiger partial charge in [-0.15, -0.1) is 11.3 Å². The monoisotopic (exact) mass is 303 g/mol. The summed E-state index contributed by atoms with van der Waals surface area (Å²) < 4.78 is 1.03. The predicted octanol–water partition coefficient (Wildman–Crippen LogP) is 3.25. The Hall–Kier alpha value is 0.100. The van der Waals surface area contributed by atoms with Gasteiger partial charge < -0.3 is 10.4 Å². The minimum atomic E-state index is -0.720. The number of piperidine rings is 1. The zero-order valence-electron chi connectivity index (χ0n) is 9.50. The Morgan fingerprint density at radius 3 is 3.00 bits per heavy atom. The van der Waals surface area contributed by atoms with Crippen molar-refractivity contribution in [2.75, 3.05) is 6.54 Å². The summed E-state index contributed by atoms with van der Waals surface area (Å²) in [5.74, 6) is 0. The SMILES string of the molecule is CC(O)(CC1CCCCN1)c1sccc1Br. The lowest BCUT2D eigenvalue weighted by Crippen LogP contribution is -2.39. The summed E-state index contributed by atoms with van der Waals surface area (Å²) in [7, 11) is 0. The van der Waals surface area contributed by atoms with Crippen molar-refractivity contribution in [3.8, 4) is 0 Å². The number of thiophene rings is 1. The smallest absolute Gasteiger partial charge is 0.0986 e. The molecule has 1 saturated heterocycles. The Kier molecular flexibility index (Phi) is 4.06. The Morgan fingerprint density at radius 2 is 2.44 bits per heavy atom. The van der Waals surface area contributed by atoms with Crippen molar-refractivity contribution >= 4 is 27.3 Å². The van der Waals surface area contributed by atoms with Crippen LogP contribution in [0.5, 0.6) is 0 Å². The summed E-state index contributed by atoms with van der Waals surface area (Å²) in [6.07, 6.45) is 4.52. The van der Waals surface area contributed by atoms with Crippen molar-refractivity contribution in [3.63, 3.8) is 0 Å². The van der Waals surface area contributed by atoms with Crippen LogP contribution in [0.3, 0.4) is 0 Å². The molecule has 0 aromatic carbocycles. The highest BCUT2D eigenvalue weighted by molar-refractivity contribution is 9.10. The first-order chi connectivity index (χ1) is 7.59. The van der Waals surface area contributed by atoms with E-state index in [0.717, 1.165) is 22.3 Å². The van der Waals surface area contributed by atoms with Gasteiger partial charge in [0.15, 0.2) is 0 Å². The Morgan fingerprint density at radius 1 is 1.62 bits per heavy atom. The highest BCUT2D eigenvalue weighted by Crippen LogP contribution is 2.36. The molecule has 1 fully saturated rings. The van der Waals surface area contributed by atoms with E-state index in [4.69, 9.17) is 0 Å². The van der Waals surface area contributed by atoms with Crippen LogP contribution in [-0.4, -0.2) is 17.7 Å². The minimum Gasteiger partial charge on any atom is -0.385 e. The zero-order chi connectivity index (χ0) is 11.6. The lowest BCUT2D eigenvalue weighted by Gasteiger charge is -2.31. The summed E-state index contributed by atoms with van der Waals surface area (Å²) in [6, 6.07) is 2.46. The molecule has 2 nitrogen and oxygen atoms in total. The van der Waals surface area contributed by atoms with E-state index in [1.165, 1.54) is 19.3 Å². The van der Waals surface area contributed by atoms with Gasteiger partial charge in [-0.25, -0.2) is 0 Å². The maximum Gasteiger partial charge on any atom is 0.0986 e. The summed E-state index contributed by atoms with van der Waals surface area (Å²) >= 11 is 5.12. The van der Waals surface area contributed by atoms with Gasteiger partial charge in [0.1, 0.15) is 0 Å². The lowest BCUT2D eigenvalue weighted by molar-refractivity contribution is 0.0361. The van der Waals surface area contributed by atoms with Crippen LogP contribution in [0.25, 0.3) is 0 Å². The molecule has 1 aromatic heterocycles. The van der Waals surface area contributed by atoms with Gasteiger partial charge in [0.05, 0.1) is 10.5 Å². The molecule has 1 aliphatic heterocycles. The summed E-state index contributed by atoms with van der Waals surface area (Å²) in [5, 5.41) is 16.1. The molecule has 0 saturated carbocycles. The maximum atomic E-state index is 10.5. The van der Waals surface area contributed by atoms with E-state index in [9.17, 15) is 5.11 Å². The van der Waals surface area contributed by atoms with E-state index in [2.05, 4.69) is 21.2 Å². The van der Waals surface area contributed by atoms with Crippen LogP contribution in [0.1, 0.15) is 37.5 Å². The van der Waals surface area contributed by atoms with Gasteiger partial charge in [0, 0.05) is 10.5 Å². The van der Waals surface area contributed by atoms with Crippen molar-refractivity contribution in [1.29, 1.82) is 0 Å². The molecule has 2 rings (SSSR count). The highest BCUT2D eigenvalue weighted by Gasteiger charge is 2.30. The van der Waals surface area contributed by atoms with E-state index >= 15 is 0 Å². The normalized spacial score (nSPS) is 25.3. The van der Waals surface area contributed by atoms with Crippen molar-refractivity contribution in [2.24, 2.45) is 0 Å². The molecule has 0 spiro atoms. The third-order valence-corrected chi connectivity index (χ3v) is 5.25. The van der Waals surface area contributed by atoms with Crippen LogP contribution < -0.4 is 5.32 Å². The summed E-state index contributed by atoms with van der Waals surface area (Å²) in [4.78, 5) is 1.04. The molecule has 2 heterocycles. The van der Waals surface area contributed by atoms with Gasteiger partial charge in [-0.1, -0.05) is 6.42 Å². The lowest BCUT2D eigenvalue weighted by atomic mass is 9.91. The van der Waals surface area contributed by atoms with Gasteiger partial charge in [0.2, 0.25) is 0 Å². The molecule has 0 bridgehead atoms. The summed E-state index contributed by atoms with van der Waals surface area (Å²) in [6.45, 7) is 3.01. The Balaban J connectivity index is 2.04. The van der Waals surface area contributed by atoms with Gasteiger partial charge in [0.25, 0.3) is 0 Å². The van der Waals surface area contributed by atoms with Crippen LogP contribution in [0, 0.1) is 0 Å². The van der Waals surface area contributed by atoms with E-state index in [0.29, 0.717) is 6.04 Å². The third kappa shape index (κ3) is 2.86. The van der Waals surface area contributed by atoms with Crippen LogP contribution in [-0.2, 0) is 5.60 Å². The molecule has 16 heavy (non-hydrogen) atoms. The average Bonchev–Trinajstić information content (AvgIpc) is 2.66. The predicted molar refractivity (Wildman–Crippen MR) is 71.8 cm³/mol. The van der Waals surface area contributed by atoms with Crippen LogP contribution in [0.4, 0.5) is 0 Å². The maximum absolute atomic E-state index is 10.5. The fourth-order valence-corrected chi connectivity index (χ4v) is 4.22. The molecule has 2 N–H and O–H groups in total. The van der Waals surface area contributed by atoms with Crippen molar-refractivity contribution in [2.45, 2.75) is 44.2 Å². The van der Waals surface area contributed by atoms with Gasteiger partial charge in [-0.05, 0) is 60.1 Å². The first kappa shape index (κ1) is 12.6. The van der Waals surface area contributed by atoms with Crippen LogP contribution >= 0.6 is 27.3 Å². The number of nitrogens with one attached hydrogen (secondary N) is 1. The molecule has 0 aliphatic carbocycles. The Bertz CT molecular complexity index is 345. The van der Waals surface area contributed by atoms with Crippen molar-refractivity contribution in [3.05, 3.63) is 20.8 Å². The standard InChI is InChI=1S/C12H18BrNOS/c1-12(15,11-10(13)5-7-16-11)8-9-4-2-3-6-14-9/h5,7,9,14-15H,2-4,6,8H2,1H3. The molecule has 0 radical (unpaired) electrons. The molecule has 2 atom stereocenters. The number of hydrogen-bond acceptors (Lipinski definition) is 3. The fourth-order valence-electron chi connectivity index (χ4n) is 2.35. The second kappa shape index (κ2) is 5.17. The summed E-state index contributed by atoms with van der Waals surface area (Å²) in [5.41, 5.74) is -0.720. The molecular weight excluding hydrogens is 286 g/mol. The van der Waals surface area contributed by atoms with Gasteiger partial charge in [-0.3, -0.25) is 0 Å². The zero-order valence-corrected chi connectivity index (χ0v) is 11.9. The fraction of sp³-hybridized carbons (Fsp3) is 0.667. The average molecular weight is 304 g/mol. The van der Waals surface area contributed by atoms with Gasteiger partial charge in [-0.2, -0.15) is 0 Å². The van der Waals surface area contributed by atoms with Crippen LogP contribution in [0.2, 0.25) is 0 Å². The number of halogens is 1. The molecule has 2 unspecified atom stereocenters. The molecule has 1 aromatic rings. The third-order valence-electron chi connectivity index (χ3n) is 3.16. The number of hydrogen-bond donors (Lipinski definition) is 2. The Labute approximate surface area is 109 Å². The molecule has 0 amide bonds. The minimum absolute atomic E-state index is 0.456. The van der Waals surface area contributed by atoms with Crippen LogP contribution in [0.15, 0.2) is 15.9 Å². The number of rotatable bonds is 3. The molecule has 1 aliphatic rings. The van der Waals surface area contributed by atoms with E-state index < -0.39 is 5.60 Å². The molecule has 90 valence electrons. The highest BCUT2D eigenvalue weighted by atomic mass is 79.9. The van der Waals surface area contributed by atoms with E-state index in [-0.39, 0.29) is 0 Å². The second-order valence-electron chi connectivity index (χ2n) is 4.72. The number of aliphatic hydroxyl groups is 1. The van der Waals surface area contributed by atoms with E-state index in [1.54, 1.807) is 11.3 Å². The first-order valence-electron chi connectivity index (χ1n) is 5.79.